The molecule has 0 unspecified atom stereocenters. The number of hydrogen-bond acceptors (Lipinski definition) is 4. The molecule has 2 aromatic rings. The molecule has 0 radical (unpaired) electrons. The Hall–Kier alpha value is -2.44. The molecule has 1 aliphatic carbocycles. The molecule has 1 saturated carbocycles. The summed E-state index contributed by atoms with van der Waals surface area (Å²) >= 11 is 0. The molecule has 0 spiro atoms. The molecule has 122 valence electrons. The lowest BCUT2D eigenvalue weighted by Crippen LogP contribution is -2.40. The van der Waals surface area contributed by atoms with Gasteiger partial charge >= 0.3 is 5.97 Å². The van der Waals surface area contributed by atoms with Crippen molar-refractivity contribution in [2.45, 2.75) is 45.2 Å². The molecule has 0 aromatic carbocycles. The molecule has 0 saturated heterocycles. The van der Waals surface area contributed by atoms with E-state index < -0.39 is 11.9 Å². The van der Waals surface area contributed by atoms with E-state index in [2.05, 4.69) is 15.4 Å². The van der Waals surface area contributed by atoms with Gasteiger partial charge in [-0.2, -0.15) is 5.10 Å². The highest BCUT2D eigenvalue weighted by molar-refractivity contribution is 5.97. The standard InChI is InChI=1S/C16H20N4O3/c1-9(2)20-14-10(8-18-20)6-11(7-17-14)15(21)19-13-5-3-4-12(13)16(22)23/h6-9,12-13H,3-5H2,1-2H3,(H,19,21)(H,22,23)/t12-,13+/m0/s1. The van der Waals surface area contributed by atoms with E-state index in [4.69, 9.17) is 0 Å². The van der Waals surface area contributed by atoms with Crippen LogP contribution >= 0.6 is 0 Å². The Morgan fingerprint density at radius 1 is 1.35 bits per heavy atom. The highest BCUT2D eigenvalue weighted by atomic mass is 16.4. The van der Waals surface area contributed by atoms with Crippen LogP contribution in [0.5, 0.6) is 0 Å². The fraction of sp³-hybridized carbons (Fsp3) is 0.500. The molecule has 7 nitrogen and oxygen atoms in total. The molecule has 2 N–H and O–H groups in total. The third-order valence-corrected chi connectivity index (χ3v) is 4.33. The number of carbonyl (C=O) groups is 2. The molecule has 2 aromatic heterocycles. The molecule has 23 heavy (non-hydrogen) atoms. The fourth-order valence-corrected chi connectivity index (χ4v) is 3.12. The predicted octanol–water partition coefficient (Wildman–Crippen LogP) is 2.00. The van der Waals surface area contributed by atoms with Gasteiger partial charge < -0.3 is 10.4 Å². The second-order valence-corrected chi connectivity index (χ2v) is 6.28. The van der Waals surface area contributed by atoms with Crippen LogP contribution in [0.1, 0.15) is 49.5 Å². The highest BCUT2D eigenvalue weighted by Gasteiger charge is 2.34. The van der Waals surface area contributed by atoms with Gasteiger partial charge in [-0.25, -0.2) is 9.67 Å². The summed E-state index contributed by atoms with van der Waals surface area (Å²) in [5, 5.41) is 17.1. The Bertz CT molecular complexity index is 753. The van der Waals surface area contributed by atoms with Crippen molar-refractivity contribution in [2.75, 3.05) is 0 Å². The van der Waals surface area contributed by atoms with E-state index in [1.807, 2.05) is 13.8 Å². The average Bonchev–Trinajstić information content (AvgIpc) is 3.12. The number of rotatable bonds is 4. The maximum Gasteiger partial charge on any atom is 0.308 e. The van der Waals surface area contributed by atoms with Crippen LogP contribution in [0.4, 0.5) is 0 Å². The van der Waals surface area contributed by atoms with Crippen molar-refractivity contribution in [1.29, 1.82) is 0 Å². The van der Waals surface area contributed by atoms with Gasteiger partial charge in [0.15, 0.2) is 5.65 Å². The van der Waals surface area contributed by atoms with Gasteiger partial charge in [0.2, 0.25) is 0 Å². The first kappa shape index (κ1) is 15.5. The summed E-state index contributed by atoms with van der Waals surface area (Å²) in [6.07, 6.45) is 5.33. The van der Waals surface area contributed by atoms with E-state index in [0.29, 0.717) is 18.4 Å². The van der Waals surface area contributed by atoms with Crippen molar-refractivity contribution < 1.29 is 14.7 Å². The Morgan fingerprint density at radius 3 is 2.83 bits per heavy atom. The van der Waals surface area contributed by atoms with Crippen molar-refractivity contribution in [2.24, 2.45) is 5.92 Å². The zero-order valence-electron chi connectivity index (χ0n) is 13.2. The maximum absolute atomic E-state index is 12.4. The minimum Gasteiger partial charge on any atom is -0.481 e. The summed E-state index contributed by atoms with van der Waals surface area (Å²) in [6.45, 7) is 4.03. The molecule has 1 aliphatic rings. The summed E-state index contributed by atoms with van der Waals surface area (Å²) in [5.74, 6) is -1.63. The van der Waals surface area contributed by atoms with Crippen molar-refractivity contribution in [3.05, 3.63) is 24.0 Å². The first-order chi connectivity index (χ1) is 11.0. The number of hydrogen-bond donors (Lipinski definition) is 2. The summed E-state index contributed by atoms with van der Waals surface area (Å²) in [4.78, 5) is 27.9. The van der Waals surface area contributed by atoms with Crippen LogP contribution in [0, 0.1) is 5.92 Å². The van der Waals surface area contributed by atoms with Crippen LogP contribution < -0.4 is 5.32 Å². The number of aliphatic carboxylic acids is 1. The van der Waals surface area contributed by atoms with E-state index in [9.17, 15) is 14.7 Å². The molecular weight excluding hydrogens is 296 g/mol. The maximum atomic E-state index is 12.4. The van der Waals surface area contributed by atoms with Crippen LogP contribution in [0.15, 0.2) is 18.5 Å². The Morgan fingerprint density at radius 2 is 2.13 bits per heavy atom. The van der Waals surface area contributed by atoms with Crippen LogP contribution in [-0.4, -0.2) is 37.8 Å². The van der Waals surface area contributed by atoms with Crippen LogP contribution in [0.2, 0.25) is 0 Å². The minimum atomic E-state index is -0.848. The Balaban J connectivity index is 1.80. The Labute approximate surface area is 133 Å². The monoisotopic (exact) mass is 316 g/mol. The lowest BCUT2D eigenvalue weighted by molar-refractivity contribution is -0.142. The van der Waals surface area contributed by atoms with Crippen molar-refractivity contribution in [3.63, 3.8) is 0 Å². The van der Waals surface area contributed by atoms with Crippen molar-refractivity contribution in [1.82, 2.24) is 20.1 Å². The number of pyridine rings is 1. The zero-order chi connectivity index (χ0) is 16.6. The van der Waals surface area contributed by atoms with Gasteiger partial charge in [-0.1, -0.05) is 6.42 Å². The summed E-state index contributed by atoms with van der Waals surface area (Å²) < 4.78 is 1.80. The molecule has 0 bridgehead atoms. The molecule has 2 atom stereocenters. The second-order valence-electron chi connectivity index (χ2n) is 6.28. The minimum absolute atomic E-state index is 0.189. The van der Waals surface area contributed by atoms with Crippen LogP contribution in [0.3, 0.4) is 0 Å². The second kappa shape index (κ2) is 5.98. The molecule has 1 amide bonds. The number of carbonyl (C=O) groups excluding carboxylic acids is 1. The highest BCUT2D eigenvalue weighted by Crippen LogP contribution is 2.26. The smallest absolute Gasteiger partial charge is 0.308 e. The van der Waals surface area contributed by atoms with Crippen molar-refractivity contribution >= 4 is 22.9 Å². The molecule has 0 aliphatic heterocycles. The number of fused-ring (bicyclic) bond motifs is 1. The third kappa shape index (κ3) is 2.91. The fourth-order valence-electron chi connectivity index (χ4n) is 3.12. The van der Waals surface area contributed by atoms with Gasteiger partial charge in [-0.15, -0.1) is 0 Å². The number of aromatic nitrogens is 3. The molecule has 1 fully saturated rings. The van der Waals surface area contributed by atoms with E-state index in [1.54, 1.807) is 16.9 Å². The summed E-state index contributed by atoms with van der Waals surface area (Å²) in [7, 11) is 0. The lowest BCUT2D eigenvalue weighted by atomic mass is 10.0. The first-order valence-electron chi connectivity index (χ1n) is 7.84. The van der Waals surface area contributed by atoms with E-state index in [0.717, 1.165) is 17.5 Å². The van der Waals surface area contributed by atoms with Crippen LogP contribution in [-0.2, 0) is 4.79 Å². The normalized spacial score (nSPS) is 21.0. The number of amides is 1. The largest absolute Gasteiger partial charge is 0.481 e. The van der Waals surface area contributed by atoms with Gasteiger partial charge in [0.25, 0.3) is 5.91 Å². The molecule has 7 heteroatoms. The SMILES string of the molecule is CC(C)n1ncc2cc(C(=O)N[C@@H]3CCC[C@@H]3C(=O)O)cnc21. The zero-order valence-corrected chi connectivity index (χ0v) is 13.2. The molecule has 2 heterocycles. The summed E-state index contributed by atoms with van der Waals surface area (Å²) in [5.41, 5.74) is 1.16. The van der Waals surface area contributed by atoms with Gasteiger partial charge in [0, 0.05) is 23.7 Å². The summed E-state index contributed by atoms with van der Waals surface area (Å²) in [6, 6.07) is 1.62. The molecule has 3 rings (SSSR count). The molecular formula is C16H20N4O3. The third-order valence-electron chi connectivity index (χ3n) is 4.33. The quantitative estimate of drug-likeness (QED) is 0.899. The van der Waals surface area contributed by atoms with E-state index in [-0.39, 0.29) is 18.0 Å². The van der Waals surface area contributed by atoms with Gasteiger partial charge in [-0.3, -0.25) is 9.59 Å². The van der Waals surface area contributed by atoms with E-state index >= 15 is 0 Å². The Kier molecular flexibility index (Phi) is 4.02. The van der Waals surface area contributed by atoms with Gasteiger partial charge in [0.05, 0.1) is 17.7 Å². The van der Waals surface area contributed by atoms with Crippen molar-refractivity contribution in [3.8, 4) is 0 Å². The number of nitrogens with one attached hydrogen (secondary N) is 1. The van der Waals surface area contributed by atoms with Gasteiger partial charge in [0.1, 0.15) is 0 Å². The average molecular weight is 316 g/mol. The van der Waals surface area contributed by atoms with E-state index in [1.165, 1.54) is 6.20 Å². The topological polar surface area (TPSA) is 97.1 Å². The number of carboxylic acids is 1. The predicted molar refractivity (Wildman–Crippen MR) is 84.1 cm³/mol. The lowest BCUT2D eigenvalue weighted by Gasteiger charge is -2.17. The number of carboxylic acid groups (broad SMARTS) is 1. The van der Waals surface area contributed by atoms with Crippen LogP contribution in [0.25, 0.3) is 11.0 Å². The number of nitrogens with zero attached hydrogens (tertiary/aromatic N) is 3. The first-order valence-corrected chi connectivity index (χ1v) is 7.84. The van der Waals surface area contributed by atoms with Gasteiger partial charge in [-0.05, 0) is 32.8 Å².